The van der Waals surface area contributed by atoms with Crippen LogP contribution in [-0.2, 0) is 4.79 Å². The van der Waals surface area contributed by atoms with Crippen molar-refractivity contribution in [1.29, 1.82) is 0 Å². The van der Waals surface area contributed by atoms with Crippen LogP contribution in [0.3, 0.4) is 0 Å². The summed E-state index contributed by atoms with van der Waals surface area (Å²) in [6, 6.07) is 0.276. The zero-order valence-corrected chi connectivity index (χ0v) is 15.1. The topological polar surface area (TPSA) is 72.0 Å². The molecule has 1 amide bonds. The number of rotatable bonds is 5. The molecule has 1 fully saturated rings. The molecule has 2 rings (SSSR count). The highest BCUT2D eigenvalue weighted by Gasteiger charge is 2.23. The molecule has 0 unspecified atom stereocenters. The Kier molecular flexibility index (Phi) is 6.16. The van der Waals surface area contributed by atoms with Crippen molar-refractivity contribution in [3.05, 3.63) is 17.1 Å². The molecule has 0 spiro atoms. The number of amides is 1. The van der Waals surface area contributed by atoms with E-state index in [4.69, 9.17) is 0 Å². The summed E-state index contributed by atoms with van der Waals surface area (Å²) in [6.45, 7) is 7.31. The van der Waals surface area contributed by atoms with Gasteiger partial charge in [0.2, 0.25) is 5.91 Å². The average molecular weight is 335 g/mol. The van der Waals surface area contributed by atoms with Gasteiger partial charge in [0.15, 0.2) is 5.78 Å². The molecule has 1 N–H and O–H groups in total. The van der Waals surface area contributed by atoms with Crippen molar-refractivity contribution in [3.8, 4) is 0 Å². The van der Waals surface area contributed by atoms with Crippen LogP contribution in [0.2, 0.25) is 0 Å². The number of aromatic nitrogens is 2. The second-order valence-electron chi connectivity index (χ2n) is 6.32. The molecule has 23 heavy (non-hydrogen) atoms. The number of carbonyl (C=O) groups excluding carboxylic acids is 2. The van der Waals surface area contributed by atoms with Gasteiger partial charge < -0.3 is 5.32 Å². The molecule has 0 aromatic carbocycles. The highest BCUT2D eigenvalue weighted by Crippen LogP contribution is 2.25. The van der Waals surface area contributed by atoms with Gasteiger partial charge in [-0.25, -0.2) is 9.97 Å². The van der Waals surface area contributed by atoms with Crippen LogP contribution in [0.15, 0.2) is 5.03 Å². The summed E-state index contributed by atoms with van der Waals surface area (Å²) < 4.78 is 0. The number of ketones is 1. The number of Topliss-reactive ketones (excluding diaryl/α,β-unsaturated/α-hetero) is 1. The standard InChI is InChI=1S/C17H25N3O2S/c1-10-7-5-6-8-14(10)20-15(22)9-23-17-16(12(3)21)11(2)18-13(4)19-17/h10,14H,5-9H2,1-4H3,(H,20,22)/t10-,14+/m0/s1. The van der Waals surface area contributed by atoms with Crippen LogP contribution >= 0.6 is 11.8 Å². The van der Waals surface area contributed by atoms with E-state index in [1.165, 1.54) is 37.9 Å². The number of carbonyl (C=O) groups is 2. The van der Waals surface area contributed by atoms with E-state index in [1.807, 2.05) is 0 Å². The Bertz CT molecular complexity index is 604. The SMILES string of the molecule is CC(=O)c1c(C)nc(C)nc1SCC(=O)N[C@@H]1CCCC[C@@H]1C. The maximum absolute atomic E-state index is 12.2. The normalized spacial score (nSPS) is 21.0. The van der Waals surface area contributed by atoms with Gasteiger partial charge in [-0.3, -0.25) is 9.59 Å². The van der Waals surface area contributed by atoms with Gasteiger partial charge in [0.25, 0.3) is 0 Å². The van der Waals surface area contributed by atoms with Crippen molar-refractivity contribution in [3.63, 3.8) is 0 Å². The molecular weight excluding hydrogens is 310 g/mol. The molecule has 0 aliphatic heterocycles. The third-order valence-electron chi connectivity index (χ3n) is 4.32. The molecule has 1 aromatic heterocycles. The van der Waals surface area contributed by atoms with Gasteiger partial charge >= 0.3 is 0 Å². The van der Waals surface area contributed by atoms with Gasteiger partial charge in [0.05, 0.1) is 17.0 Å². The smallest absolute Gasteiger partial charge is 0.230 e. The molecule has 126 valence electrons. The maximum Gasteiger partial charge on any atom is 0.230 e. The number of hydrogen-bond donors (Lipinski definition) is 1. The molecular formula is C17H25N3O2S. The Morgan fingerprint density at radius 1 is 1.22 bits per heavy atom. The predicted octanol–water partition coefficient (Wildman–Crippen LogP) is 3.08. The first-order chi connectivity index (χ1) is 10.9. The highest BCUT2D eigenvalue weighted by molar-refractivity contribution is 8.00. The van der Waals surface area contributed by atoms with E-state index in [0.29, 0.717) is 28.0 Å². The van der Waals surface area contributed by atoms with Crippen LogP contribution in [0.1, 0.15) is 61.4 Å². The summed E-state index contributed by atoms with van der Waals surface area (Å²) in [5.41, 5.74) is 1.20. The lowest BCUT2D eigenvalue weighted by atomic mass is 9.86. The Morgan fingerprint density at radius 2 is 1.91 bits per heavy atom. The summed E-state index contributed by atoms with van der Waals surface area (Å²) in [7, 11) is 0. The summed E-state index contributed by atoms with van der Waals surface area (Å²) in [5, 5.41) is 3.73. The van der Waals surface area contributed by atoms with Gasteiger partial charge in [0.1, 0.15) is 10.9 Å². The Hall–Kier alpha value is -1.43. The Labute approximate surface area is 142 Å². The van der Waals surface area contributed by atoms with E-state index < -0.39 is 0 Å². The maximum atomic E-state index is 12.2. The van der Waals surface area contributed by atoms with Crippen molar-refractivity contribution in [1.82, 2.24) is 15.3 Å². The first kappa shape index (κ1) is 17.9. The van der Waals surface area contributed by atoms with Crippen molar-refractivity contribution in [2.75, 3.05) is 5.75 Å². The van der Waals surface area contributed by atoms with Crippen LogP contribution in [0.25, 0.3) is 0 Å². The van der Waals surface area contributed by atoms with Crippen molar-refractivity contribution >= 4 is 23.5 Å². The van der Waals surface area contributed by atoms with E-state index in [0.717, 1.165) is 6.42 Å². The number of hydrogen-bond acceptors (Lipinski definition) is 5. The number of thioether (sulfide) groups is 1. The lowest BCUT2D eigenvalue weighted by molar-refractivity contribution is -0.119. The van der Waals surface area contributed by atoms with Crippen LogP contribution in [0.4, 0.5) is 0 Å². The second kappa shape index (κ2) is 7.90. The molecule has 2 atom stereocenters. The molecule has 0 radical (unpaired) electrons. The zero-order chi connectivity index (χ0) is 17.0. The monoisotopic (exact) mass is 335 g/mol. The average Bonchev–Trinajstić information content (AvgIpc) is 2.46. The number of aryl methyl sites for hydroxylation is 2. The lowest BCUT2D eigenvalue weighted by Gasteiger charge is -2.29. The predicted molar refractivity (Wildman–Crippen MR) is 91.8 cm³/mol. The zero-order valence-electron chi connectivity index (χ0n) is 14.3. The molecule has 5 nitrogen and oxygen atoms in total. The quantitative estimate of drug-likeness (QED) is 0.508. The molecule has 1 aliphatic rings. The Balaban J connectivity index is 2.00. The fourth-order valence-electron chi connectivity index (χ4n) is 3.10. The van der Waals surface area contributed by atoms with Crippen LogP contribution < -0.4 is 5.32 Å². The Morgan fingerprint density at radius 3 is 2.57 bits per heavy atom. The van der Waals surface area contributed by atoms with Gasteiger partial charge in [-0.2, -0.15) is 0 Å². The van der Waals surface area contributed by atoms with Crippen LogP contribution in [-0.4, -0.2) is 33.5 Å². The highest BCUT2D eigenvalue weighted by atomic mass is 32.2. The molecule has 1 aliphatic carbocycles. The van der Waals surface area contributed by atoms with Crippen molar-refractivity contribution < 1.29 is 9.59 Å². The van der Waals surface area contributed by atoms with Gasteiger partial charge in [-0.15, -0.1) is 0 Å². The fraction of sp³-hybridized carbons (Fsp3) is 0.647. The fourth-order valence-corrected chi connectivity index (χ4v) is 4.09. The summed E-state index contributed by atoms with van der Waals surface area (Å²) in [5.74, 6) is 1.38. The molecule has 1 aromatic rings. The van der Waals surface area contributed by atoms with Crippen molar-refractivity contribution in [2.45, 2.75) is 64.4 Å². The summed E-state index contributed by atoms with van der Waals surface area (Å²) in [4.78, 5) is 32.6. The van der Waals surface area contributed by atoms with Gasteiger partial charge in [-0.05, 0) is 39.5 Å². The van der Waals surface area contributed by atoms with E-state index >= 15 is 0 Å². The third kappa shape index (κ3) is 4.77. The van der Waals surface area contributed by atoms with E-state index in [1.54, 1.807) is 13.8 Å². The molecule has 1 heterocycles. The van der Waals surface area contributed by atoms with Crippen LogP contribution in [0.5, 0.6) is 0 Å². The van der Waals surface area contributed by atoms with Crippen LogP contribution in [0, 0.1) is 19.8 Å². The van der Waals surface area contributed by atoms with Gasteiger partial charge in [-0.1, -0.05) is 31.5 Å². The van der Waals surface area contributed by atoms with E-state index in [9.17, 15) is 9.59 Å². The molecule has 0 bridgehead atoms. The summed E-state index contributed by atoms with van der Waals surface area (Å²) >= 11 is 1.32. The minimum Gasteiger partial charge on any atom is -0.352 e. The largest absolute Gasteiger partial charge is 0.352 e. The minimum atomic E-state index is -0.0636. The molecule has 1 saturated carbocycles. The van der Waals surface area contributed by atoms with Gasteiger partial charge in [0, 0.05) is 6.04 Å². The summed E-state index contributed by atoms with van der Waals surface area (Å²) in [6.07, 6.45) is 4.67. The first-order valence-electron chi connectivity index (χ1n) is 8.16. The van der Waals surface area contributed by atoms with E-state index in [-0.39, 0.29) is 23.5 Å². The van der Waals surface area contributed by atoms with E-state index in [2.05, 4.69) is 22.2 Å². The molecule has 6 heteroatoms. The second-order valence-corrected chi connectivity index (χ2v) is 7.28. The lowest BCUT2D eigenvalue weighted by Crippen LogP contribution is -2.41. The minimum absolute atomic E-state index is 0.0113. The number of nitrogens with one attached hydrogen (secondary N) is 1. The van der Waals surface area contributed by atoms with Crippen molar-refractivity contribution in [2.24, 2.45) is 5.92 Å². The molecule has 0 saturated heterocycles. The number of nitrogens with zero attached hydrogens (tertiary/aromatic N) is 2. The first-order valence-corrected chi connectivity index (χ1v) is 9.15. The third-order valence-corrected chi connectivity index (χ3v) is 5.29.